The molecule has 0 amide bonds. The summed E-state index contributed by atoms with van der Waals surface area (Å²) in [6.45, 7) is 0. The highest BCUT2D eigenvalue weighted by Crippen LogP contribution is 2.49. The molecule has 0 N–H and O–H groups in total. The highest BCUT2D eigenvalue weighted by Gasteiger charge is 2.22. The van der Waals surface area contributed by atoms with E-state index in [0.29, 0.717) is 0 Å². The lowest BCUT2D eigenvalue weighted by Crippen LogP contribution is -2.10. The molecule has 0 saturated heterocycles. The monoisotopic (exact) mass is 831 g/mol. The van der Waals surface area contributed by atoms with Gasteiger partial charge in [-0.2, -0.15) is 0 Å². The van der Waals surface area contributed by atoms with Crippen LogP contribution in [0.3, 0.4) is 0 Å². The van der Waals surface area contributed by atoms with E-state index in [1.54, 1.807) is 0 Å². The maximum Gasteiger partial charge on any atom is 0.0555 e. The van der Waals surface area contributed by atoms with Crippen molar-refractivity contribution in [1.29, 1.82) is 0 Å². The minimum atomic E-state index is 1.10. The van der Waals surface area contributed by atoms with Crippen LogP contribution in [0.25, 0.3) is 97.4 Å². The van der Waals surface area contributed by atoms with Gasteiger partial charge in [-0.05, 0) is 120 Å². The highest BCUT2D eigenvalue weighted by molar-refractivity contribution is 7.26. The molecule has 12 rings (SSSR count). The predicted octanol–water partition coefficient (Wildman–Crippen LogP) is 18.2. The Morgan fingerprint density at radius 1 is 0.281 bits per heavy atom. The van der Waals surface area contributed by atoms with Gasteiger partial charge in [-0.15, -0.1) is 11.3 Å². The molecular weight excluding hydrogens is 791 g/mol. The van der Waals surface area contributed by atoms with E-state index in [9.17, 15) is 0 Å². The Morgan fingerprint density at radius 2 is 0.797 bits per heavy atom. The van der Waals surface area contributed by atoms with Gasteiger partial charge in [0.1, 0.15) is 0 Å². The lowest BCUT2D eigenvalue weighted by molar-refractivity contribution is 1.30. The topological polar surface area (TPSA) is 3.24 Å². The van der Waals surface area contributed by atoms with E-state index in [1.807, 2.05) is 11.3 Å². The lowest BCUT2D eigenvalue weighted by atomic mass is 9.88. The van der Waals surface area contributed by atoms with Gasteiger partial charge < -0.3 is 4.90 Å². The zero-order valence-corrected chi connectivity index (χ0v) is 35.8. The van der Waals surface area contributed by atoms with Crippen LogP contribution in [-0.2, 0) is 0 Å². The first-order valence-electron chi connectivity index (χ1n) is 21.9. The number of hydrogen-bond donors (Lipinski definition) is 0. The van der Waals surface area contributed by atoms with Gasteiger partial charge in [0.05, 0.1) is 5.69 Å². The maximum atomic E-state index is 2.45. The Morgan fingerprint density at radius 3 is 1.55 bits per heavy atom. The van der Waals surface area contributed by atoms with Gasteiger partial charge >= 0.3 is 0 Å². The Bertz CT molecular complexity index is 3650. The number of nitrogens with zero attached hydrogens (tertiary/aromatic N) is 1. The zero-order chi connectivity index (χ0) is 42.4. The van der Waals surface area contributed by atoms with Crippen LogP contribution in [0.4, 0.5) is 17.1 Å². The Hall–Kier alpha value is -8.04. The van der Waals surface area contributed by atoms with Crippen molar-refractivity contribution >= 4 is 70.1 Å². The van der Waals surface area contributed by atoms with Crippen molar-refractivity contribution in [2.75, 3.05) is 4.90 Å². The van der Waals surface area contributed by atoms with Crippen molar-refractivity contribution in [2.45, 2.75) is 0 Å². The minimum absolute atomic E-state index is 1.10. The van der Waals surface area contributed by atoms with Gasteiger partial charge in [0.25, 0.3) is 0 Å². The summed E-state index contributed by atoms with van der Waals surface area (Å²) in [6.07, 6.45) is 0. The Labute approximate surface area is 377 Å². The first-order chi connectivity index (χ1) is 31.7. The van der Waals surface area contributed by atoms with Crippen molar-refractivity contribution < 1.29 is 0 Å². The second-order valence-electron chi connectivity index (χ2n) is 16.4. The van der Waals surface area contributed by atoms with Crippen LogP contribution in [0.5, 0.6) is 0 Å². The van der Waals surface area contributed by atoms with Crippen LogP contribution in [0, 0.1) is 0 Å². The summed E-state index contributed by atoms with van der Waals surface area (Å²) >= 11 is 1.88. The standard InChI is InChI=1S/C62H41NS/c1-2-16-45(17-3-1)53-39-40-59(61-58-26-12-13-28-60(58)64-62(53)61)63(49-35-31-43(32-36-49)48-30-29-42-15-4-5-19-47(42)41-48)50-37-33-46(34-38-50)52-22-8-9-23-54(52)56-24-10-11-25-57(56)55-27-14-20-44-18-6-7-21-51(44)55/h1-41H. The van der Waals surface area contributed by atoms with Gasteiger partial charge in [-0.1, -0.05) is 206 Å². The van der Waals surface area contributed by atoms with Gasteiger partial charge in [0.2, 0.25) is 0 Å². The third-order valence-electron chi connectivity index (χ3n) is 12.7. The number of benzene rings is 11. The van der Waals surface area contributed by atoms with Crippen molar-refractivity contribution in [2.24, 2.45) is 0 Å². The molecule has 64 heavy (non-hydrogen) atoms. The first kappa shape index (κ1) is 37.7. The summed E-state index contributed by atoms with van der Waals surface area (Å²) in [6, 6.07) is 90.9. The molecule has 0 atom stereocenters. The summed E-state index contributed by atoms with van der Waals surface area (Å²) in [5.74, 6) is 0. The van der Waals surface area contributed by atoms with Gasteiger partial charge in [-0.3, -0.25) is 0 Å². The smallest absolute Gasteiger partial charge is 0.0555 e. The van der Waals surface area contributed by atoms with Crippen LogP contribution < -0.4 is 4.90 Å². The molecule has 2 heteroatoms. The van der Waals surface area contributed by atoms with E-state index >= 15 is 0 Å². The largest absolute Gasteiger partial charge is 0.310 e. The van der Waals surface area contributed by atoms with Crippen molar-refractivity contribution in [1.82, 2.24) is 0 Å². The molecular formula is C62H41NS. The number of anilines is 3. The molecule has 1 aromatic heterocycles. The number of hydrogen-bond acceptors (Lipinski definition) is 2. The van der Waals surface area contributed by atoms with Crippen LogP contribution in [-0.4, -0.2) is 0 Å². The SMILES string of the molecule is c1ccc(-c2ccc(N(c3ccc(-c4ccc5ccccc5c4)cc3)c3ccc(-c4ccccc4-c4ccccc4-c4cccc5ccccc45)cc3)c3c2sc2ccccc23)cc1. The van der Waals surface area contributed by atoms with Crippen molar-refractivity contribution in [3.63, 3.8) is 0 Å². The number of rotatable bonds is 8. The molecule has 0 aliphatic rings. The molecule has 12 aromatic rings. The average molecular weight is 832 g/mol. The fourth-order valence-corrected chi connectivity index (χ4v) is 10.9. The van der Waals surface area contributed by atoms with Crippen molar-refractivity contribution in [3.8, 4) is 55.6 Å². The van der Waals surface area contributed by atoms with E-state index in [2.05, 4.69) is 254 Å². The molecule has 0 spiro atoms. The normalized spacial score (nSPS) is 11.4. The quantitative estimate of drug-likeness (QED) is 0.147. The number of fused-ring (bicyclic) bond motifs is 5. The second kappa shape index (κ2) is 16.0. The molecule has 1 nitrogen and oxygen atoms in total. The maximum absolute atomic E-state index is 2.45. The molecule has 0 aliphatic carbocycles. The highest BCUT2D eigenvalue weighted by atomic mass is 32.1. The van der Waals surface area contributed by atoms with Crippen molar-refractivity contribution in [3.05, 3.63) is 249 Å². The molecule has 0 unspecified atom stereocenters. The van der Waals surface area contributed by atoms with E-state index in [-0.39, 0.29) is 0 Å². The molecule has 300 valence electrons. The van der Waals surface area contributed by atoms with E-state index in [4.69, 9.17) is 0 Å². The predicted molar refractivity (Wildman–Crippen MR) is 276 cm³/mol. The molecule has 0 fully saturated rings. The molecule has 1 heterocycles. The van der Waals surface area contributed by atoms with E-state index in [0.717, 1.165) is 17.1 Å². The lowest BCUT2D eigenvalue weighted by Gasteiger charge is -2.27. The zero-order valence-electron chi connectivity index (χ0n) is 35.0. The van der Waals surface area contributed by atoms with Crippen LogP contribution in [0.1, 0.15) is 0 Å². The summed E-state index contributed by atoms with van der Waals surface area (Å²) in [5.41, 5.74) is 15.5. The molecule has 0 radical (unpaired) electrons. The van der Waals surface area contributed by atoms with Crippen LogP contribution in [0.15, 0.2) is 249 Å². The number of thiophene rings is 1. The van der Waals surface area contributed by atoms with E-state index in [1.165, 1.54) is 97.4 Å². The second-order valence-corrected chi connectivity index (χ2v) is 17.5. The molecule has 0 bridgehead atoms. The third kappa shape index (κ3) is 6.64. The van der Waals surface area contributed by atoms with Gasteiger partial charge in [-0.25, -0.2) is 0 Å². The van der Waals surface area contributed by atoms with Crippen LogP contribution >= 0.6 is 11.3 Å². The molecule has 0 aliphatic heterocycles. The van der Waals surface area contributed by atoms with Gasteiger partial charge in [0, 0.05) is 31.5 Å². The summed E-state index contributed by atoms with van der Waals surface area (Å²) in [5, 5.41) is 7.53. The molecule has 0 saturated carbocycles. The van der Waals surface area contributed by atoms with Gasteiger partial charge in [0.15, 0.2) is 0 Å². The van der Waals surface area contributed by atoms with E-state index < -0.39 is 0 Å². The fourth-order valence-electron chi connectivity index (χ4n) is 9.61. The Kier molecular flexibility index (Phi) is 9.43. The fraction of sp³-hybridized carbons (Fsp3) is 0. The third-order valence-corrected chi connectivity index (χ3v) is 13.9. The summed E-state index contributed by atoms with van der Waals surface area (Å²) in [7, 11) is 0. The molecule has 11 aromatic carbocycles. The summed E-state index contributed by atoms with van der Waals surface area (Å²) in [4.78, 5) is 2.45. The summed E-state index contributed by atoms with van der Waals surface area (Å²) < 4.78 is 2.57. The van der Waals surface area contributed by atoms with Crippen LogP contribution in [0.2, 0.25) is 0 Å². The minimum Gasteiger partial charge on any atom is -0.310 e. The Balaban J connectivity index is 1.01. The first-order valence-corrected chi connectivity index (χ1v) is 22.7. The average Bonchev–Trinajstić information content (AvgIpc) is 3.77.